The molecule has 0 saturated heterocycles. The van der Waals surface area contributed by atoms with E-state index in [0.717, 1.165) is 16.8 Å². The van der Waals surface area contributed by atoms with Gasteiger partial charge in [-0.15, -0.1) is 0 Å². The molecule has 1 N–H and O–H groups in total. The van der Waals surface area contributed by atoms with Gasteiger partial charge in [-0.2, -0.15) is 0 Å². The van der Waals surface area contributed by atoms with Gasteiger partial charge in [0.05, 0.1) is 12.4 Å². The Morgan fingerprint density at radius 2 is 1.89 bits per heavy atom. The molecule has 0 unspecified atom stereocenters. The van der Waals surface area contributed by atoms with Crippen molar-refractivity contribution in [2.45, 2.75) is 25.3 Å². The number of hydrogen-bond acceptors (Lipinski definition) is 6. The second-order valence-electron chi connectivity index (χ2n) is 6.19. The number of rotatable bonds is 7. The van der Waals surface area contributed by atoms with Crippen LogP contribution >= 0.6 is 11.8 Å². The summed E-state index contributed by atoms with van der Waals surface area (Å²) in [6, 6.07) is 13.0. The third kappa shape index (κ3) is 4.45. The molecule has 0 aliphatic heterocycles. The first-order valence-corrected chi connectivity index (χ1v) is 9.70. The summed E-state index contributed by atoms with van der Waals surface area (Å²) < 4.78 is 11.4. The van der Waals surface area contributed by atoms with Crippen molar-refractivity contribution in [2.75, 3.05) is 18.2 Å². The summed E-state index contributed by atoms with van der Waals surface area (Å²) in [5, 5.41) is 19.1. The number of nitrogens with zero attached hydrogens (tertiary/aromatic N) is 2. The maximum absolute atomic E-state index is 12.3. The van der Waals surface area contributed by atoms with Gasteiger partial charge >= 0.3 is 0 Å². The van der Waals surface area contributed by atoms with E-state index in [1.54, 1.807) is 31.4 Å². The van der Waals surface area contributed by atoms with Gasteiger partial charge in [-0.1, -0.05) is 30.0 Å². The smallest absolute Gasteiger partial charge is 0.297 e. The van der Waals surface area contributed by atoms with E-state index >= 15 is 0 Å². The molecule has 0 radical (unpaired) electrons. The van der Waals surface area contributed by atoms with Crippen molar-refractivity contribution in [3.63, 3.8) is 0 Å². The molecule has 8 heteroatoms. The Hall–Kier alpha value is -3.00. The van der Waals surface area contributed by atoms with Crippen LogP contribution < -0.4 is 19.8 Å². The number of ether oxygens (including phenoxy) is 1. The molecule has 0 aliphatic rings. The lowest BCUT2D eigenvalue weighted by Gasteiger charge is -2.11. The number of aryl methyl sites for hydroxylation is 2. The minimum absolute atomic E-state index is 0.107. The highest BCUT2D eigenvalue weighted by molar-refractivity contribution is 7.99. The predicted octanol–water partition coefficient (Wildman–Crippen LogP) is 2.77. The van der Waals surface area contributed by atoms with Crippen LogP contribution in [0, 0.1) is 13.8 Å². The van der Waals surface area contributed by atoms with Crippen LogP contribution in [0.15, 0.2) is 52.0 Å². The number of amides is 1. The highest BCUT2D eigenvalue weighted by atomic mass is 32.2. The fourth-order valence-electron chi connectivity index (χ4n) is 2.70. The zero-order valence-electron chi connectivity index (χ0n) is 15.9. The lowest BCUT2D eigenvalue weighted by Crippen LogP contribution is -2.34. The van der Waals surface area contributed by atoms with Gasteiger partial charge in [-0.05, 0) is 41.8 Å². The standard InChI is InChI=1S/C20H21N3O4S/c1-13-5-4-6-14(2)18(13)21-17(24)11-12-28-19-20(25)27-22-23(19)15-7-9-16(26-3)10-8-15/h4-10H,11-12H2,1-3H3,(H-,21,22,24,25). The van der Waals surface area contributed by atoms with E-state index in [0.29, 0.717) is 22.2 Å². The molecule has 0 spiro atoms. The van der Waals surface area contributed by atoms with Crippen LogP contribution in [0.2, 0.25) is 0 Å². The van der Waals surface area contributed by atoms with Crippen molar-refractivity contribution in [3.05, 3.63) is 53.6 Å². The Morgan fingerprint density at radius 3 is 2.54 bits per heavy atom. The van der Waals surface area contributed by atoms with Gasteiger partial charge in [0.1, 0.15) is 5.75 Å². The molecule has 0 saturated carbocycles. The van der Waals surface area contributed by atoms with Crippen LogP contribution in [-0.4, -0.2) is 24.0 Å². The third-order valence-corrected chi connectivity index (χ3v) is 5.22. The fourth-order valence-corrected chi connectivity index (χ4v) is 3.60. The summed E-state index contributed by atoms with van der Waals surface area (Å²) in [5.41, 5.74) is 3.54. The molecule has 1 amide bonds. The van der Waals surface area contributed by atoms with E-state index in [4.69, 9.17) is 9.26 Å². The van der Waals surface area contributed by atoms with Crippen molar-refractivity contribution in [1.82, 2.24) is 5.27 Å². The minimum atomic E-state index is -0.532. The van der Waals surface area contributed by atoms with Crippen LogP contribution in [0.5, 0.6) is 11.7 Å². The topological polar surface area (TPSA) is 91.3 Å². The number of carbonyl (C=O) groups is 1. The van der Waals surface area contributed by atoms with E-state index in [1.165, 1.54) is 16.4 Å². The third-order valence-electron chi connectivity index (χ3n) is 4.20. The van der Waals surface area contributed by atoms with Gasteiger partial charge in [-0.25, -0.2) is 0 Å². The normalized spacial score (nSPS) is 10.7. The molecule has 146 valence electrons. The summed E-state index contributed by atoms with van der Waals surface area (Å²) >= 11 is 1.23. The van der Waals surface area contributed by atoms with Gasteiger partial charge in [0, 0.05) is 30.0 Å². The SMILES string of the molecule is COc1ccc(-[n+]2noc([O-])c2SCCC(=O)Nc2c(C)cccc2C)cc1. The molecule has 7 nitrogen and oxygen atoms in total. The van der Waals surface area contributed by atoms with Gasteiger partial charge in [0.2, 0.25) is 11.6 Å². The highest BCUT2D eigenvalue weighted by Gasteiger charge is 2.21. The van der Waals surface area contributed by atoms with Crippen LogP contribution in [0.3, 0.4) is 0 Å². The van der Waals surface area contributed by atoms with E-state index in [9.17, 15) is 9.90 Å². The van der Waals surface area contributed by atoms with Crippen molar-refractivity contribution < 1.29 is 23.8 Å². The lowest BCUT2D eigenvalue weighted by atomic mass is 10.1. The number of hydrogen-bond donors (Lipinski definition) is 1. The van der Waals surface area contributed by atoms with Crippen molar-refractivity contribution in [2.24, 2.45) is 0 Å². The average molecular weight is 399 g/mol. The maximum atomic E-state index is 12.3. The second-order valence-corrected chi connectivity index (χ2v) is 7.27. The Bertz CT molecular complexity index is 950. The first kappa shape index (κ1) is 19.8. The molecule has 0 atom stereocenters. The summed E-state index contributed by atoms with van der Waals surface area (Å²) in [4.78, 5) is 12.3. The Morgan fingerprint density at radius 1 is 1.21 bits per heavy atom. The van der Waals surface area contributed by atoms with Crippen molar-refractivity contribution in [3.8, 4) is 17.4 Å². The quantitative estimate of drug-likeness (QED) is 0.485. The van der Waals surface area contributed by atoms with E-state index in [2.05, 4.69) is 10.6 Å². The molecule has 2 aromatic carbocycles. The zero-order chi connectivity index (χ0) is 20.1. The fraction of sp³-hybridized carbons (Fsp3) is 0.250. The van der Waals surface area contributed by atoms with Gasteiger partial charge in [0.25, 0.3) is 5.03 Å². The predicted molar refractivity (Wildman–Crippen MR) is 104 cm³/mol. The number of carbonyl (C=O) groups excluding carboxylic acids is 1. The monoisotopic (exact) mass is 399 g/mol. The Balaban J connectivity index is 1.63. The summed E-state index contributed by atoms with van der Waals surface area (Å²) in [6.07, 6.45) is 0.256. The first-order valence-electron chi connectivity index (χ1n) is 8.72. The lowest BCUT2D eigenvalue weighted by molar-refractivity contribution is -0.705. The summed E-state index contributed by atoms with van der Waals surface area (Å²) in [6.45, 7) is 3.91. The molecular formula is C20H21N3O4S. The molecule has 0 bridgehead atoms. The molecule has 0 fully saturated rings. The Labute approximate surface area is 167 Å². The number of nitrogens with one attached hydrogen (secondary N) is 1. The largest absolute Gasteiger partial charge is 0.538 e. The van der Waals surface area contributed by atoms with E-state index in [-0.39, 0.29) is 12.3 Å². The molecule has 1 heterocycles. The summed E-state index contributed by atoms with van der Waals surface area (Å²) in [7, 11) is 1.58. The molecule has 3 rings (SSSR count). The molecule has 0 aliphatic carbocycles. The number of aromatic nitrogens is 2. The zero-order valence-corrected chi connectivity index (χ0v) is 16.7. The number of thioether (sulfide) groups is 1. The average Bonchev–Trinajstić information content (AvgIpc) is 3.05. The van der Waals surface area contributed by atoms with Crippen LogP contribution in [-0.2, 0) is 4.79 Å². The van der Waals surface area contributed by atoms with Crippen molar-refractivity contribution in [1.29, 1.82) is 0 Å². The maximum Gasteiger partial charge on any atom is 0.297 e. The molecule has 1 aromatic heterocycles. The van der Waals surface area contributed by atoms with Crippen molar-refractivity contribution >= 4 is 23.4 Å². The second kappa shape index (κ2) is 8.79. The molecule has 3 aromatic rings. The van der Waals surface area contributed by atoms with Gasteiger partial charge < -0.3 is 19.7 Å². The number of benzene rings is 2. The number of methoxy groups -OCH3 is 1. The first-order chi connectivity index (χ1) is 13.5. The van der Waals surface area contributed by atoms with Gasteiger partial charge in [-0.3, -0.25) is 4.79 Å². The van der Waals surface area contributed by atoms with Crippen LogP contribution in [0.1, 0.15) is 17.5 Å². The van der Waals surface area contributed by atoms with Crippen LogP contribution in [0.4, 0.5) is 5.69 Å². The number of para-hydroxylation sites is 1. The Kier molecular flexibility index (Phi) is 6.20. The number of anilines is 1. The van der Waals surface area contributed by atoms with E-state index < -0.39 is 5.95 Å². The van der Waals surface area contributed by atoms with Crippen LogP contribution in [0.25, 0.3) is 5.69 Å². The van der Waals surface area contributed by atoms with Gasteiger partial charge in [0.15, 0.2) is 5.95 Å². The molecule has 28 heavy (non-hydrogen) atoms. The minimum Gasteiger partial charge on any atom is -0.538 e. The van der Waals surface area contributed by atoms with E-state index in [1.807, 2.05) is 32.0 Å². The highest BCUT2D eigenvalue weighted by Crippen LogP contribution is 2.25. The summed E-state index contributed by atoms with van der Waals surface area (Å²) in [5.74, 6) is 0.483. The molecular weight excluding hydrogens is 378 g/mol.